The number of hydrogen-bond donors (Lipinski definition) is 1. The molecule has 0 saturated carbocycles. The van der Waals surface area contributed by atoms with E-state index in [1.54, 1.807) is 24.3 Å². The topological polar surface area (TPSA) is 79.2 Å². The van der Waals surface area contributed by atoms with Gasteiger partial charge in [-0.05, 0) is 44.2 Å². The summed E-state index contributed by atoms with van der Waals surface area (Å²) >= 11 is 0. The molecule has 0 atom stereocenters. The van der Waals surface area contributed by atoms with Crippen molar-refractivity contribution in [3.63, 3.8) is 0 Å². The highest BCUT2D eigenvalue weighted by atomic mass is 32.2. The predicted octanol–water partition coefficient (Wildman–Crippen LogP) is 3.07. The smallest absolute Gasteiger partial charge is 0.261 e. The molecule has 5 nitrogen and oxygen atoms in total. The Morgan fingerprint density at radius 1 is 1.18 bits per heavy atom. The Morgan fingerprint density at radius 2 is 1.86 bits per heavy atom. The lowest BCUT2D eigenvalue weighted by Gasteiger charge is -2.10. The van der Waals surface area contributed by atoms with Crippen LogP contribution in [-0.2, 0) is 10.0 Å². The van der Waals surface area contributed by atoms with Crippen LogP contribution in [-0.4, -0.2) is 15.0 Å². The highest BCUT2D eigenvalue weighted by molar-refractivity contribution is 7.92. The Kier molecular flexibility index (Phi) is 4.68. The van der Waals surface area contributed by atoms with Gasteiger partial charge in [0.25, 0.3) is 10.0 Å². The maximum absolute atomic E-state index is 12.3. The van der Waals surface area contributed by atoms with E-state index >= 15 is 0 Å². The molecule has 22 heavy (non-hydrogen) atoms. The SMILES string of the molecule is CCOc1ccc(NS(=O)(=O)c2ccc(C)cc2)cc1C#N. The van der Waals surface area contributed by atoms with E-state index in [4.69, 9.17) is 10.00 Å². The zero-order valence-corrected chi connectivity index (χ0v) is 13.1. The van der Waals surface area contributed by atoms with E-state index in [0.29, 0.717) is 18.0 Å². The van der Waals surface area contributed by atoms with E-state index in [2.05, 4.69) is 4.72 Å². The molecule has 0 aliphatic rings. The van der Waals surface area contributed by atoms with Crippen molar-refractivity contribution in [3.05, 3.63) is 53.6 Å². The van der Waals surface area contributed by atoms with Crippen molar-refractivity contribution in [2.24, 2.45) is 0 Å². The number of benzene rings is 2. The molecule has 2 aromatic rings. The fourth-order valence-electron chi connectivity index (χ4n) is 1.89. The first-order valence-electron chi connectivity index (χ1n) is 6.72. The van der Waals surface area contributed by atoms with E-state index in [1.165, 1.54) is 18.2 Å². The highest BCUT2D eigenvalue weighted by Gasteiger charge is 2.15. The van der Waals surface area contributed by atoms with Crippen LogP contribution < -0.4 is 9.46 Å². The van der Waals surface area contributed by atoms with Gasteiger partial charge < -0.3 is 4.74 Å². The minimum atomic E-state index is -3.68. The summed E-state index contributed by atoms with van der Waals surface area (Å²) in [6, 6.07) is 13.1. The van der Waals surface area contributed by atoms with Crippen molar-refractivity contribution in [3.8, 4) is 11.8 Å². The van der Waals surface area contributed by atoms with Crippen molar-refractivity contribution in [2.45, 2.75) is 18.7 Å². The molecule has 0 amide bonds. The average Bonchev–Trinajstić information content (AvgIpc) is 2.49. The lowest BCUT2D eigenvalue weighted by Crippen LogP contribution is -2.13. The number of nitrogens with zero attached hydrogens (tertiary/aromatic N) is 1. The number of nitriles is 1. The van der Waals surface area contributed by atoms with Gasteiger partial charge in [0.15, 0.2) is 0 Å². The fraction of sp³-hybridized carbons (Fsp3) is 0.188. The summed E-state index contributed by atoms with van der Waals surface area (Å²) in [7, 11) is -3.68. The molecule has 0 aromatic heterocycles. The molecule has 0 fully saturated rings. The standard InChI is InChI=1S/C16H16N2O3S/c1-3-21-16-9-6-14(10-13(16)11-17)18-22(19,20)15-7-4-12(2)5-8-15/h4-10,18H,3H2,1-2H3. The maximum atomic E-state index is 12.3. The van der Waals surface area contributed by atoms with Gasteiger partial charge in [-0.25, -0.2) is 8.42 Å². The summed E-state index contributed by atoms with van der Waals surface area (Å²) in [5, 5.41) is 9.11. The summed E-state index contributed by atoms with van der Waals surface area (Å²) < 4.78 is 32.4. The van der Waals surface area contributed by atoms with Gasteiger partial charge in [-0.15, -0.1) is 0 Å². The minimum absolute atomic E-state index is 0.172. The van der Waals surface area contributed by atoms with Crippen LogP contribution in [0.5, 0.6) is 5.75 Å². The third-order valence-corrected chi connectivity index (χ3v) is 4.38. The molecular weight excluding hydrogens is 300 g/mol. The third-order valence-electron chi connectivity index (χ3n) is 2.98. The van der Waals surface area contributed by atoms with E-state index in [9.17, 15) is 8.42 Å². The van der Waals surface area contributed by atoms with Crippen LogP contribution in [0.1, 0.15) is 18.1 Å². The normalized spacial score (nSPS) is 10.8. The monoisotopic (exact) mass is 316 g/mol. The van der Waals surface area contributed by atoms with Crippen LogP contribution in [0, 0.1) is 18.3 Å². The fourth-order valence-corrected chi connectivity index (χ4v) is 2.94. The Hall–Kier alpha value is -2.52. The van der Waals surface area contributed by atoms with E-state index in [0.717, 1.165) is 5.56 Å². The number of rotatable bonds is 5. The number of ether oxygens (including phenoxy) is 1. The molecule has 0 saturated heterocycles. The first kappa shape index (κ1) is 15.9. The summed E-state index contributed by atoms with van der Waals surface area (Å²) in [4.78, 5) is 0.172. The quantitative estimate of drug-likeness (QED) is 0.919. The van der Waals surface area contributed by atoms with Gasteiger partial charge in [0.1, 0.15) is 11.8 Å². The summed E-state index contributed by atoms with van der Waals surface area (Å²) in [6.07, 6.45) is 0. The first-order chi connectivity index (χ1) is 10.5. The lowest BCUT2D eigenvalue weighted by atomic mass is 10.2. The summed E-state index contributed by atoms with van der Waals surface area (Å²) in [5.74, 6) is 0.434. The molecule has 114 valence electrons. The molecule has 0 radical (unpaired) electrons. The van der Waals surface area contributed by atoms with E-state index in [1.807, 2.05) is 19.9 Å². The zero-order valence-electron chi connectivity index (χ0n) is 12.3. The molecule has 0 unspecified atom stereocenters. The average molecular weight is 316 g/mol. The van der Waals surface area contributed by atoms with Crippen LogP contribution >= 0.6 is 0 Å². The Morgan fingerprint density at radius 3 is 2.45 bits per heavy atom. The van der Waals surface area contributed by atoms with Crippen LogP contribution in [0.3, 0.4) is 0 Å². The van der Waals surface area contributed by atoms with Crippen molar-refractivity contribution >= 4 is 15.7 Å². The molecule has 0 bridgehead atoms. The Balaban J connectivity index is 2.30. The third kappa shape index (κ3) is 3.57. The highest BCUT2D eigenvalue weighted by Crippen LogP contribution is 2.24. The molecule has 2 aromatic carbocycles. The van der Waals surface area contributed by atoms with Gasteiger partial charge in [0.2, 0.25) is 0 Å². The Bertz CT molecular complexity index is 806. The van der Waals surface area contributed by atoms with Crippen LogP contribution in [0.4, 0.5) is 5.69 Å². The molecule has 2 rings (SSSR count). The molecule has 0 spiro atoms. The second-order valence-corrected chi connectivity index (χ2v) is 6.36. The minimum Gasteiger partial charge on any atom is -0.492 e. The van der Waals surface area contributed by atoms with Gasteiger partial charge in [0.05, 0.1) is 22.8 Å². The number of hydrogen-bond acceptors (Lipinski definition) is 4. The van der Waals surface area contributed by atoms with Crippen LogP contribution in [0.25, 0.3) is 0 Å². The van der Waals surface area contributed by atoms with Crippen molar-refractivity contribution in [1.82, 2.24) is 0 Å². The van der Waals surface area contributed by atoms with Crippen molar-refractivity contribution < 1.29 is 13.2 Å². The maximum Gasteiger partial charge on any atom is 0.261 e. The second-order valence-electron chi connectivity index (χ2n) is 4.67. The summed E-state index contributed by atoms with van der Waals surface area (Å²) in [6.45, 7) is 4.13. The van der Waals surface area contributed by atoms with Gasteiger partial charge in [-0.1, -0.05) is 17.7 Å². The van der Waals surface area contributed by atoms with E-state index in [-0.39, 0.29) is 10.5 Å². The molecular formula is C16H16N2O3S. The van der Waals surface area contributed by atoms with E-state index < -0.39 is 10.0 Å². The van der Waals surface area contributed by atoms with Gasteiger partial charge in [-0.3, -0.25) is 4.72 Å². The molecule has 0 aliphatic heterocycles. The number of nitrogens with one attached hydrogen (secondary N) is 1. The Labute approximate surface area is 130 Å². The molecule has 1 N–H and O–H groups in total. The van der Waals surface area contributed by atoms with Crippen LogP contribution in [0.15, 0.2) is 47.4 Å². The molecule has 0 aliphatic carbocycles. The number of anilines is 1. The first-order valence-corrected chi connectivity index (χ1v) is 8.21. The van der Waals surface area contributed by atoms with Gasteiger partial charge in [0, 0.05) is 0 Å². The number of aryl methyl sites for hydroxylation is 1. The predicted molar refractivity (Wildman–Crippen MR) is 84.3 cm³/mol. The molecule has 0 heterocycles. The van der Waals surface area contributed by atoms with Gasteiger partial charge >= 0.3 is 0 Å². The van der Waals surface area contributed by atoms with Crippen molar-refractivity contribution in [2.75, 3.05) is 11.3 Å². The lowest BCUT2D eigenvalue weighted by molar-refractivity contribution is 0.339. The van der Waals surface area contributed by atoms with Crippen molar-refractivity contribution in [1.29, 1.82) is 5.26 Å². The largest absolute Gasteiger partial charge is 0.492 e. The summed E-state index contributed by atoms with van der Waals surface area (Å²) in [5.41, 5.74) is 1.58. The second kappa shape index (κ2) is 6.50. The number of sulfonamides is 1. The van der Waals surface area contributed by atoms with Gasteiger partial charge in [-0.2, -0.15) is 5.26 Å². The zero-order chi connectivity index (χ0) is 16.2. The van der Waals surface area contributed by atoms with Crippen LogP contribution in [0.2, 0.25) is 0 Å². The molecule has 6 heteroatoms.